The molecule has 0 aliphatic rings. The van der Waals surface area contributed by atoms with Gasteiger partial charge < -0.3 is 10.3 Å². The zero-order valence-corrected chi connectivity index (χ0v) is 14.6. The van der Waals surface area contributed by atoms with E-state index >= 15 is 0 Å². The number of benzene rings is 1. The summed E-state index contributed by atoms with van der Waals surface area (Å²) in [4.78, 5) is 7.54. The molecule has 0 amide bonds. The van der Waals surface area contributed by atoms with Crippen molar-refractivity contribution in [2.45, 2.75) is 38.3 Å². The van der Waals surface area contributed by atoms with Gasteiger partial charge in [-0.05, 0) is 24.6 Å². The first-order valence-electron chi connectivity index (χ1n) is 7.80. The number of H-pyrrole nitrogens is 1. The average molecular weight is 336 g/mol. The molecule has 1 aromatic carbocycles. The van der Waals surface area contributed by atoms with Crippen molar-refractivity contribution in [1.29, 1.82) is 0 Å². The SMILES string of the molecule is CCN(CC)S(=O)(=O)c1ccc(C(C)NCc2ncc[nH]2)cc1. The molecule has 0 saturated heterocycles. The fraction of sp³-hybridized carbons (Fsp3) is 0.438. The van der Waals surface area contributed by atoms with Crippen molar-refractivity contribution in [2.75, 3.05) is 13.1 Å². The van der Waals surface area contributed by atoms with Crippen LogP contribution in [0.4, 0.5) is 0 Å². The standard InChI is InChI=1S/C16H24N4O2S/c1-4-20(5-2)23(21,22)15-8-6-14(7-9-15)13(3)19-12-16-17-10-11-18-16/h6-11,13,19H,4-5,12H2,1-3H3,(H,17,18). The van der Waals surface area contributed by atoms with E-state index in [0.717, 1.165) is 11.4 Å². The summed E-state index contributed by atoms with van der Waals surface area (Å²) in [5.74, 6) is 0.873. The highest BCUT2D eigenvalue weighted by Crippen LogP contribution is 2.19. The van der Waals surface area contributed by atoms with Crippen molar-refractivity contribution in [3.63, 3.8) is 0 Å². The van der Waals surface area contributed by atoms with Crippen molar-refractivity contribution in [3.05, 3.63) is 48.0 Å². The fourth-order valence-corrected chi connectivity index (χ4v) is 3.86. The molecule has 2 N–H and O–H groups in total. The topological polar surface area (TPSA) is 78.1 Å². The molecule has 2 aromatic rings. The molecule has 0 bridgehead atoms. The van der Waals surface area contributed by atoms with Gasteiger partial charge in [-0.3, -0.25) is 0 Å². The summed E-state index contributed by atoms with van der Waals surface area (Å²) in [6.07, 6.45) is 3.50. The van der Waals surface area contributed by atoms with Crippen molar-refractivity contribution in [3.8, 4) is 0 Å². The van der Waals surface area contributed by atoms with Gasteiger partial charge in [0.2, 0.25) is 10.0 Å². The van der Waals surface area contributed by atoms with Gasteiger partial charge in [0, 0.05) is 31.5 Å². The summed E-state index contributed by atoms with van der Waals surface area (Å²) in [6.45, 7) is 7.31. The highest BCUT2D eigenvalue weighted by Gasteiger charge is 2.21. The molecule has 2 rings (SSSR count). The molecule has 23 heavy (non-hydrogen) atoms. The first kappa shape index (κ1) is 17.7. The first-order valence-corrected chi connectivity index (χ1v) is 9.24. The number of rotatable bonds is 8. The largest absolute Gasteiger partial charge is 0.348 e. The van der Waals surface area contributed by atoms with Gasteiger partial charge in [-0.1, -0.05) is 26.0 Å². The fourth-order valence-electron chi connectivity index (χ4n) is 2.40. The third kappa shape index (κ3) is 4.19. The first-order chi connectivity index (χ1) is 11.0. The van der Waals surface area contributed by atoms with E-state index in [4.69, 9.17) is 0 Å². The maximum Gasteiger partial charge on any atom is 0.243 e. The van der Waals surface area contributed by atoms with Crippen LogP contribution in [0.1, 0.15) is 38.2 Å². The summed E-state index contributed by atoms with van der Waals surface area (Å²) in [5, 5.41) is 3.35. The number of nitrogens with one attached hydrogen (secondary N) is 2. The van der Waals surface area contributed by atoms with E-state index < -0.39 is 10.0 Å². The van der Waals surface area contributed by atoms with Gasteiger partial charge in [0.25, 0.3) is 0 Å². The zero-order chi connectivity index (χ0) is 16.9. The molecule has 0 spiro atoms. The molecular weight excluding hydrogens is 312 g/mol. The summed E-state index contributed by atoms with van der Waals surface area (Å²) in [5.41, 5.74) is 1.04. The molecule has 1 atom stereocenters. The normalized spacial score (nSPS) is 13.4. The Morgan fingerprint density at radius 1 is 1.22 bits per heavy atom. The van der Waals surface area contributed by atoms with E-state index in [0.29, 0.717) is 24.5 Å². The summed E-state index contributed by atoms with van der Waals surface area (Å²) < 4.78 is 26.4. The summed E-state index contributed by atoms with van der Waals surface area (Å²) in [6, 6.07) is 7.17. The average Bonchev–Trinajstić information content (AvgIpc) is 3.07. The van der Waals surface area contributed by atoms with Crippen LogP contribution in [-0.4, -0.2) is 35.8 Å². The lowest BCUT2D eigenvalue weighted by Crippen LogP contribution is -2.30. The summed E-state index contributed by atoms with van der Waals surface area (Å²) in [7, 11) is -3.39. The van der Waals surface area contributed by atoms with Crippen LogP contribution in [-0.2, 0) is 16.6 Å². The number of hydrogen-bond donors (Lipinski definition) is 2. The van der Waals surface area contributed by atoms with Crippen LogP contribution in [0.15, 0.2) is 41.6 Å². The molecule has 1 aromatic heterocycles. The van der Waals surface area contributed by atoms with E-state index in [1.165, 1.54) is 4.31 Å². The van der Waals surface area contributed by atoms with E-state index in [2.05, 4.69) is 15.3 Å². The molecule has 0 fully saturated rings. The van der Waals surface area contributed by atoms with Crippen molar-refractivity contribution in [2.24, 2.45) is 0 Å². The van der Waals surface area contributed by atoms with Crippen molar-refractivity contribution in [1.82, 2.24) is 19.6 Å². The van der Waals surface area contributed by atoms with Gasteiger partial charge in [-0.15, -0.1) is 0 Å². The van der Waals surface area contributed by atoms with Crippen molar-refractivity contribution >= 4 is 10.0 Å². The molecule has 0 aliphatic carbocycles. The minimum absolute atomic E-state index is 0.102. The van der Waals surface area contributed by atoms with Crippen molar-refractivity contribution < 1.29 is 8.42 Å². The maximum absolute atomic E-state index is 12.5. The smallest absolute Gasteiger partial charge is 0.243 e. The molecule has 1 heterocycles. The Morgan fingerprint density at radius 2 is 1.87 bits per heavy atom. The van der Waals surface area contributed by atoms with Crippen LogP contribution in [0.2, 0.25) is 0 Å². The van der Waals surface area contributed by atoms with E-state index in [1.54, 1.807) is 24.5 Å². The molecule has 0 saturated carbocycles. The molecule has 0 radical (unpaired) electrons. The summed E-state index contributed by atoms with van der Waals surface area (Å²) >= 11 is 0. The Hall–Kier alpha value is -1.70. The second-order valence-corrected chi connectivity index (χ2v) is 7.23. The minimum atomic E-state index is -3.39. The number of imidazole rings is 1. The molecule has 1 unspecified atom stereocenters. The van der Waals surface area contributed by atoms with Gasteiger partial charge in [0.15, 0.2) is 0 Å². The predicted molar refractivity (Wildman–Crippen MR) is 90.4 cm³/mol. The molecule has 6 nitrogen and oxygen atoms in total. The molecular formula is C16H24N4O2S. The minimum Gasteiger partial charge on any atom is -0.348 e. The predicted octanol–water partition coefficient (Wildman–Crippen LogP) is 2.29. The number of nitrogens with zero attached hydrogens (tertiary/aromatic N) is 2. The molecule has 0 aliphatic heterocycles. The van der Waals surface area contributed by atoms with Gasteiger partial charge in [-0.2, -0.15) is 4.31 Å². The van der Waals surface area contributed by atoms with Crippen LogP contribution < -0.4 is 5.32 Å². The highest BCUT2D eigenvalue weighted by atomic mass is 32.2. The number of aromatic amines is 1. The second-order valence-electron chi connectivity index (χ2n) is 5.30. The van der Waals surface area contributed by atoms with Gasteiger partial charge in [0.1, 0.15) is 5.82 Å². The lowest BCUT2D eigenvalue weighted by Gasteiger charge is -2.19. The third-order valence-corrected chi connectivity index (χ3v) is 5.92. The van der Waals surface area contributed by atoms with E-state index in [1.807, 2.05) is 32.9 Å². The monoisotopic (exact) mass is 336 g/mol. The number of aromatic nitrogens is 2. The van der Waals surface area contributed by atoms with Crippen LogP contribution in [0, 0.1) is 0 Å². The van der Waals surface area contributed by atoms with Crippen LogP contribution >= 0.6 is 0 Å². The Bertz CT molecular complexity index is 692. The maximum atomic E-state index is 12.5. The molecule has 126 valence electrons. The van der Waals surface area contributed by atoms with Crippen LogP contribution in [0.25, 0.3) is 0 Å². The Kier molecular flexibility index (Phi) is 5.92. The Balaban J connectivity index is 2.06. The lowest BCUT2D eigenvalue weighted by atomic mass is 10.1. The van der Waals surface area contributed by atoms with Crippen LogP contribution in [0.5, 0.6) is 0 Å². The van der Waals surface area contributed by atoms with E-state index in [-0.39, 0.29) is 6.04 Å². The third-order valence-electron chi connectivity index (χ3n) is 3.85. The molecule has 7 heteroatoms. The zero-order valence-electron chi connectivity index (χ0n) is 13.8. The lowest BCUT2D eigenvalue weighted by molar-refractivity contribution is 0.445. The van der Waals surface area contributed by atoms with E-state index in [9.17, 15) is 8.42 Å². The highest BCUT2D eigenvalue weighted by molar-refractivity contribution is 7.89. The van der Waals surface area contributed by atoms with Gasteiger partial charge in [0.05, 0.1) is 11.4 Å². The van der Waals surface area contributed by atoms with Gasteiger partial charge in [-0.25, -0.2) is 13.4 Å². The number of sulfonamides is 1. The Morgan fingerprint density at radius 3 is 2.39 bits per heavy atom. The second kappa shape index (κ2) is 7.72. The number of hydrogen-bond acceptors (Lipinski definition) is 4. The Labute approximate surface area is 138 Å². The van der Waals surface area contributed by atoms with Gasteiger partial charge >= 0.3 is 0 Å². The quantitative estimate of drug-likeness (QED) is 0.775. The van der Waals surface area contributed by atoms with Crippen LogP contribution in [0.3, 0.4) is 0 Å².